The minimum absolute atomic E-state index is 0.00809. The molecule has 0 heterocycles. The first kappa shape index (κ1) is 55.7. The molecule has 0 fully saturated rings. The average molecular weight is 904 g/mol. The lowest BCUT2D eigenvalue weighted by Gasteiger charge is -2.27. The number of amides is 8. The first-order chi connectivity index (χ1) is 30.1. The van der Waals surface area contributed by atoms with Crippen molar-refractivity contribution in [1.82, 2.24) is 42.5 Å². The van der Waals surface area contributed by atoms with Gasteiger partial charge in [-0.25, -0.2) is 4.79 Å². The molecule has 358 valence electrons. The van der Waals surface area contributed by atoms with E-state index in [4.69, 9.17) is 22.9 Å². The van der Waals surface area contributed by atoms with Crippen molar-refractivity contribution in [1.29, 1.82) is 0 Å². The number of rotatable bonds is 29. The van der Waals surface area contributed by atoms with Crippen LogP contribution >= 0.6 is 0 Å². The molecule has 0 aliphatic rings. The van der Waals surface area contributed by atoms with Crippen LogP contribution in [0.3, 0.4) is 0 Å². The summed E-state index contributed by atoms with van der Waals surface area (Å²) < 4.78 is 0. The molecule has 64 heavy (non-hydrogen) atoms. The molecule has 0 unspecified atom stereocenters. The number of aliphatic imine (C=N–C) groups is 1. The number of aliphatic carboxylic acids is 1. The number of hydrogen-bond acceptors (Lipinski definition) is 12. The minimum Gasteiger partial charge on any atom is -0.480 e. The van der Waals surface area contributed by atoms with Gasteiger partial charge in [-0.1, -0.05) is 50.6 Å². The standard InChI is InChI=1S/C41H69N13O10/c1-7-22(2)32(39(62)50-25(5)35(58)52-29(40(63)64)16-11-12-18-42)54-36(59)26(6)48-33(56)23(3)47-34(57)24(4)49-38(61)30(20-27-14-9-8-10-15-27)53-37(60)28(51-31(55)21-43)17-13-19-46-41(44)45/h8-10,14-15,22-26,28-30,32H,7,11-13,16-21,42-43H2,1-6H3,(H,47,57)(H,48,56)(H,49,61)(H,50,62)(H,51,55)(H,52,58)(H,53,60)(H,54,59)(H,63,64)(H4,44,45,46)/t22-,23-,24-,25-,26-,28-,29-,30-,32-/m0/s1. The lowest BCUT2D eigenvalue weighted by Crippen LogP contribution is -2.59. The number of unbranched alkanes of at least 4 members (excludes halogenated alkanes) is 1. The minimum atomic E-state index is -1.23. The van der Waals surface area contributed by atoms with Crippen molar-refractivity contribution >= 4 is 59.2 Å². The average Bonchev–Trinajstić information content (AvgIpc) is 3.25. The molecule has 17 N–H and O–H groups in total. The van der Waals surface area contributed by atoms with E-state index in [1.807, 2.05) is 0 Å². The Morgan fingerprint density at radius 2 is 1.05 bits per heavy atom. The highest BCUT2D eigenvalue weighted by Crippen LogP contribution is 2.10. The molecule has 0 aromatic heterocycles. The molecule has 8 amide bonds. The molecule has 1 aromatic carbocycles. The number of nitrogens with two attached hydrogens (primary N) is 4. The van der Waals surface area contributed by atoms with Gasteiger partial charge in [-0.3, -0.25) is 43.3 Å². The van der Waals surface area contributed by atoms with Crippen LogP contribution in [-0.4, -0.2) is 132 Å². The molecule has 0 saturated heterocycles. The Hall–Kier alpha value is -6.36. The van der Waals surface area contributed by atoms with Crippen LogP contribution in [0.1, 0.15) is 85.6 Å². The monoisotopic (exact) mass is 904 g/mol. The number of nitrogens with one attached hydrogen (secondary N) is 8. The van der Waals surface area contributed by atoms with Gasteiger partial charge < -0.3 is 70.6 Å². The van der Waals surface area contributed by atoms with Crippen molar-refractivity contribution in [3.63, 3.8) is 0 Å². The van der Waals surface area contributed by atoms with Gasteiger partial charge >= 0.3 is 5.97 Å². The summed E-state index contributed by atoms with van der Waals surface area (Å²) >= 11 is 0. The molecule has 23 nitrogen and oxygen atoms in total. The SMILES string of the molecule is CC[C@H](C)[C@H](NC(=O)[C@H](C)NC(=O)[C@H](C)NC(=O)[C@H](C)NC(=O)[C@H](Cc1ccccc1)NC(=O)[C@H](CCCN=C(N)N)NC(=O)CN)C(=O)N[C@@H](C)C(=O)N[C@@H](CCCCN)C(=O)O. The number of carbonyl (C=O) groups excluding carboxylic acids is 8. The molecular weight excluding hydrogens is 835 g/mol. The summed E-state index contributed by atoms with van der Waals surface area (Å²) in [6.45, 7) is 9.07. The highest BCUT2D eigenvalue weighted by atomic mass is 16.4. The van der Waals surface area contributed by atoms with Gasteiger partial charge in [0.25, 0.3) is 0 Å². The third-order valence-electron chi connectivity index (χ3n) is 10.1. The number of hydrogen-bond donors (Lipinski definition) is 13. The molecule has 9 atom stereocenters. The Morgan fingerprint density at radius 1 is 0.578 bits per heavy atom. The van der Waals surface area contributed by atoms with E-state index in [0.717, 1.165) is 0 Å². The first-order valence-electron chi connectivity index (χ1n) is 21.3. The predicted octanol–water partition coefficient (Wildman–Crippen LogP) is -3.54. The van der Waals surface area contributed by atoms with Crippen LogP contribution in [0.4, 0.5) is 0 Å². The maximum absolute atomic E-state index is 13.6. The number of carboxylic acid groups (broad SMARTS) is 1. The van der Waals surface area contributed by atoms with E-state index in [1.54, 1.807) is 44.2 Å². The summed E-state index contributed by atoms with van der Waals surface area (Å²) in [5, 5.41) is 29.7. The Labute approximate surface area is 373 Å². The summed E-state index contributed by atoms with van der Waals surface area (Å²) in [4.78, 5) is 120. The van der Waals surface area contributed by atoms with E-state index >= 15 is 0 Å². The molecule has 23 heteroatoms. The quantitative estimate of drug-likeness (QED) is 0.0211. The number of carbonyl (C=O) groups is 9. The van der Waals surface area contributed by atoms with Crippen molar-refractivity contribution in [2.75, 3.05) is 19.6 Å². The topological polar surface area (TPSA) is 387 Å². The van der Waals surface area contributed by atoms with Crippen LogP contribution in [0.5, 0.6) is 0 Å². The zero-order chi connectivity index (χ0) is 48.5. The molecule has 0 aliphatic carbocycles. The van der Waals surface area contributed by atoms with Gasteiger partial charge in [0.2, 0.25) is 47.3 Å². The van der Waals surface area contributed by atoms with E-state index in [2.05, 4.69) is 47.5 Å². The van der Waals surface area contributed by atoms with Crippen molar-refractivity contribution in [3.05, 3.63) is 35.9 Å². The number of guanidine groups is 1. The molecule has 1 aromatic rings. The van der Waals surface area contributed by atoms with Crippen LogP contribution < -0.4 is 65.5 Å². The Balaban J connectivity index is 2.97. The third kappa shape index (κ3) is 20.7. The molecule has 0 saturated carbocycles. The maximum Gasteiger partial charge on any atom is 0.326 e. The van der Waals surface area contributed by atoms with E-state index in [0.29, 0.717) is 37.8 Å². The molecule has 0 aliphatic heterocycles. The summed E-state index contributed by atoms with van der Waals surface area (Å²) in [6, 6.07) is -0.723. The highest BCUT2D eigenvalue weighted by molar-refractivity contribution is 5.97. The van der Waals surface area contributed by atoms with Crippen molar-refractivity contribution in [2.45, 2.75) is 135 Å². The van der Waals surface area contributed by atoms with Crippen LogP contribution in [0.25, 0.3) is 0 Å². The van der Waals surface area contributed by atoms with Crippen LogP contribution in [0.15, 0.2) is 35.3 Å². The maximum atomic E-state index is 13.6. The Kier molecular flexibility index (Phi) is 25.3. The number of carboxylic acids is 1. The molecule has 1 rings (SSSR count). The fourth-order valence-electron chi connectivity index (χ4n) is 5.94. The van der Waals surface area contributed by atoms with Crippen molar-refractivity contribution in [2.24, 2.45) is 33.8 Å². The van der Waals surface area contributed by atoms with Gasteiger partial charge in [0.1, 0.15) is 48.3 Å². The molecule has 0 bridgehead atoms. The van der Waals surface area contributed by atoms with Crippen molar-refractivity contribution < 1.29 is 48.3 Å². The summed E-state index contributed by atoms with van der Waals surface area (Å²) in [5.74, 6) is -7.61. The van der Waals surface area contributed by atoms with Gasteiger partial charge in [0.15, 0.2) is 5.96 Å². The second-order valence-electron chi connectivity index (χ2n) is 15.5. The third-order valence-corrected chi connectivity index (χ3v) is 10.1. The van der Waals surface area contributed by atoms with Crippen LogP contribution in [0.2, 0.25) is 0 Å². The largest absolute Gasteiger partial charge is 0.480 e. The van der Waals surface area contributed by atoms with Crippen LogP contribution in [-0.2, 0) is 49.6 Å². The van der Waals surface area contributed by atoms with Gasteiger partial charge in [-0.2, -0.15) is 0 Å². The van der Waals surface area contributed by atoms with E-state index < -0.39 is 114 Å². The lowest BCUT2D eigenvalue weighted by atomic mass is 9.97. The van der Waals surface area contributed by atoms with E-state index in [-0.39, 0.29) is 31.8 Å². The molecule has 0 radical (unpaired) electrons. The zero-order valence-corrected chi connectivity index (χ0v) is 37.5. The second-order valence-corrected chi connectivity index (χ2v) is 15.5. The van der Waals surface area contributed by atoms with Crippen LogP contribution in [0, 0.1) is 5.92 Å². The fourth-order valence-corrected chi connectivity index (χ4v) is 5.94. The Bertz CT molecular complexity index is 1760. The van der Waals surface area contributed by atoms with E-state index in [9.17, 15) is 48.3 Å². The fraction of sp³-hybridized carbons (Fsp3) is 0.610. The van der Waals surface area contributed by atoms with Crippen molar-refractivity contribution in [3.8, 4) is 0 Å². The molecular formula is C41H69N13O10. The number of benzene rings is 1. The van der Waals surface area contributed by atoms with E-state index in [1.165, 1.54) is 27.7 Å². The Morgan fingerprint density at radius 3 is 1.55 bits per heavy atom. The normalized spacial score (nSPS) is 15.1. The predicted molar refractivity (Wildman–Crippen MR) is 237 cm³/mol. The van der Waals surface area contributed by atoms with Gasteiger partial charge in [-0.05, 0) is 77.8 Å². The number of nitrogens with zero attached hydrogens (tertiary/aromatic N) is 1. The highest BCUT2D eigenvalue weighted by Gasteiger charge is 2.33. The lowest BCUT2D eigenvalue weighted by molar-refractivity contribution is -0.142. The zero-order valence-electron chi connectivity index (χ0n) is 37.5. The summed E-state index contributed by atoms with van der Waals surface area (Å²) in [5.41, 5.74) is 22.3. The van der Waals surface area contributed by atoms with Gasteiger partial charge in [0, 0.05) is 13.0 Å². The van der Waals surface area contributed by atoms with Gasteiger partial charge in [-0.15, -0.1) is 0 Å². The molecule has 0 spiro atoms. The second kappa shape index (κ2) is 29.1. The first-order valence-corrected chi connectivity index (χ1v) is 21.3. The summed E-state index contributed by atoms with van der Waals surface area (Å²) in [7, 11) is 0. The summed E-state index contributed by atoms with van der Waals surface area (Å²) in [6.07, 6.45) is 2.04. The smallest absolute Gasteiger partial charge is 0.326 e. The van der Waals surface area contributed by atoms with Gasteiger partial charge in [0.05, 0.1) is 6.54 Å².